The molecule has 0 radical (unpaired) electrons. The molecule has 0 saturated heterocycles. The summed E-state index contributed by atoms with van der Waals surface area (Å²) in [4.78, 5) is 0. The second kappa shape index (κ2) is 2.42. The first-order chi connectivity index (χ1) is 6.13. The summed E-state index contributed by atoms with van der Waals surface area (Å²) in [7, 11) is 0. The molecule has 2 aromatic heterocycles. The van der Waals surface area contributed by atoms with Crippen LogP contribution in [0.25, 0.3) is 10.9 Å². The SMILES string of the molecule is Cc1nnnc2c(C)n(O)c(C)c12. The highest BCUT2D eigenvalue weighted by Gasteiger charge is 2.14. The molecule has 0 atom stereocenters. The van der Waals surface area contributed by atoms with Crippen molar-refractivity contribution in [3.8, 4) is 0 Å². The van der Waals surface area contributed by atoms with Crippen LogP contribution < -0.4 is 0 Å². The number of fused-ring (bicyclic) bond motifs is 1. The van der Waals surface area contributed by atoms with Crippen molar-refractivity contribution in [2.75, 3.05) is 0 Å². The Bertz CT molecular complexity index is 474. The van der Waals surface area contributed by atoms with E-state index in [1.165, 1.54) is 0 Å². The van der Waals surface area contributed by atoms with Crippen molar-refractivity contribution in [1.29, 1.82) is 0 Å². The van der Waals surface area contributed by atoms with E-state index in [-0.39, 0.29) is 0 Å². The molecule has 0 spiro atoms. The lowest BCUT2D eigenvalue weighted by Gasteiger charge is -1.95. The van der Waals surface area contributed by atoms with Crippen LogP contribution in [-0.4, -0.2) is 25.3 Å². The fraction of sp³-hybridized carbons (Fsp3) is 0.375. The first-order valence-corrected chi connectivity index (χ1v) is 3.99. The zero-order valence-electron chi connectivity index (χ0n) is 7.74. The lowest BCUT2D eigenvalue weighted by atomic mass is 10.2. The van der Waals surface area contributed by atoms with Gasteiger partial charge < -0.3 is 5.21 Å². The molecule has 5 heteroatoms. The average Bonchev–Trinajstić information content (AvgIpc) is 2.33. The maximum absolute atomic E-state index is 9.58. The maximum atomic E-state index is 9.58. The first-order valence-electron chi connectivity index (χ1n) is 3.99. The monoisotopic (exact) mass is 178 g/mol. The van der Waals surface area contributed by atoms with Crippen molar-refractivity contribution in [3.05, 3.63) is 17.1 Å². The van der Waals surface area contributed by atoms with Crippen LogP contribution in [0.5, 0.6) is 0 Å². The third-order valence-electron chi connectivity index (χ3n) is 2.28. The fourth-order valence-corrected chi connectivity index (χ4v) is 1.55. The van der Waals surface area contributed by atoms with Crippen LogP contribution in [0.15, 0.2) is 0 Å². The second-order valence-corrected chi connectivity index (χ2v) is 3.08. The van der Waals surface area contributed by atoms with Crippen LogP contribution in [-0.2, 0) is 0 Å². The van der Waals surface area contributed by atoms with Crippen LogP contribution in [0, 0.1) is 20.8 Å². The highest BCUT2D eigenvalue weighted by molar-refractivity contribution is 5.85. The normalized spacial score (nSPS) is 11.0. The fourth-order valence-electron chi connectivity index (χ4n) is 1.55. The third kappa shape index (κ3) is 0.898. The molecular weight excluding hydrogens is 168 g/mol. The topological polar surface area (TPSA) is 63.8 Å². The maximum Gasteiger partial charge on any atom is 0.121 e. The van der Waals surface area contributed by atoms with Gasteiger partial charge in [0.1, 0.15) is 5.52 Å². The van der Waals surface area contributed by atoms with Crippen LogP contribution in [0.3, 0.4) is 0 Å². The number of aryl methyl sites for hydroxylation is 3. The summed E-state index contributed by atoms with van der Waals surface area (Å²) in [5.41, 5.74) is 2.96. The molecular formula is C8H10N4O. The van der Waals surface area contributed by atoms with Gasteiger partial charge in [0.2, 0.25) is 0 Å². The van der Waals surface area contributed by atoms with Crippen molar-refractivity contribution >= 4 is 10.9 Å². The summed E-state index contributed by atoms with van der Waals surface area (Å²) in [6, 6.07) is 0. The zero-order chi connectivity index (χ0) is 9.59. The van der Waals surface area contributed by atoms with Gasteiger partial charge in [0.15, 0.2) is 0 Å². The first kappa shape index (κ1) is 7.97. The van der Waals surface area contributed by atoms with Gasteiger partial charge >= 0.3 is 0 Å². The highest BCUT2D eigenvalue weighted by atomic mass is 16.5. The van der Waals surface area contributed by atoms with E-state index in [9.17, 15) is 5.21 Å². The number of aromatic nitrogens is 4. The molecule has 0 aliphatic heterocycles. The van der Waals surface area contributed by atoms with Gasteiger partial charge in [-0.25, -0.2) is 0 Å². The van der Waals surface area contributed by atoms with Crippen molar-refractivity contribution in [2.24, 2.45) is 0 Å². The number of rotatable bonds is 0. The summed E-state index contributed by atoms with van der Waals surface area (Å²) in [5, 5.41) is 21.8. The second-order valence-electron chi connectivity index (χ2n) is 3.08. The number of nitrogens with zero attached hydrogens (tertiary/aromatic N) is 4. The molecule has 0 aliphatic carbocycles. The van der Waals surface area contributed by atoms with E-state index in [2.05, 4.69) is 15.4 Å². The summed E-state index contributed by atoms with van der Waals surface area (Å²) in [6.07, 6.45) is 0. The molecule has 68 valence electrons. The minimum absolute atomic E-state index is 0.700. The van der Waals surface area contributed by atoms with E-state index in [0.717, 1.165) is 21.5 Å². The van der Waals surface area contributed by atoms with Gasteiger partial charge in [0.05, 0.1) is 17.1 Å². The Kier molecular flexibility index (Phi) is 1.48. The molecule has 5 nitrogen and oxygen atoms in total. The summed E-state index contributed by atoms with van der Waals surface area (Å²) >= 11 is 0. The lowest BCUT2D eigenvalue weighted by molar-refractivity contribution is 0.176. The van der Waals surface area contributed by atoms with Gasteiger partial charge in [0.25, 0.3) is 0 Å². The van der Waals surface area contributed by atoms with E-state index in [4.69, 9.17) is 0 Å². The summed E-state index contributed by atoms with van der Waals surface area (Å²) in [5.74, 6) is 0. The molecule has 0 unspecified atom stereocenters. The molecule has 0 bridgehead atoms. The van der Waals surface area contributed by atoms with Gasteiger partial charge in [0, 0.05) is 5.39 Å². The Morgan fingerprint density at radius 3 is 2.38 bits per heavy atom. The van der Waals surface area contributed by atoms with Gasteiger partial charge in [-0.2, -0.15) is 4.73 Å². The van der Waals surface area contributed by atoms with Gasteiger partial charge in [-0.1, -0.05) is 0 Å². The quantitative estimate of drug-likeness (QED) is 0.611. The molecule has 13 heavy (non-hydrogen) atoms. The molecule has 1 N–H and O–H groups in total. The van der Waals surface area contributed by atoms with Crippen LogP contribution >= 0.6 is 0 Å². The van der Waals surface area contributed by atoms with Crippen molar-refractivity contribution < 1.29 is 5.21 Å². The van der Waals surface area contributed by atoms with Crippen molar-refractivity contribution in [2.45, 2.75) is 20.8 Å². The van der Waals surface area contributed by atoms with Gasteiger partial charge in [-0.15, -0.1) is 10.2 Å². The predicted octanol–water partition coefficient (Wildman–Crippen LogP) is 0.989. The van der Waals surface area contributed by atoms with Crippen molar-refractivity contribution in [1.82, 2.24) is 20.1 Å². The number of hydrogen-bond acceptors (Lipinski definition) is 4. The molecule has 0 fully saturated rings. The molecule has 0 amide bonds. The van der Waals surface area contributed by atoms with E-state index in [1.54, 1.807) is 6.92 Å². The Labute approximate surface area is 75.0 Å². The highest BCUT2D eigenvalue weighted by Crippen LogP contribution is 2.22. The molecule has 2 aromatic rings. The molecule has 0 aromatic carbocycles. The standard InChI is InChI=1S/C8H10N4O/c1-4-7-5(2)12(13)6(3)8(7)10-11-9-4/h13H,1-3H3. The minimum atomic E-state index is 0.700. The van der Waals surface area contributed by atoms with Crippen LogP contribution in [0.1, 0.15) is 17.1 Å². The molecule has 2 rings (SSSR count). The minimum Gasteiger partial charge on any atom is -0.428 e. The Balaban J connectivity index is 3.03. The zero-order valence-corrected chi connectivity index (χ0v) is 7.74. The lowest BCUT2D eigenvalue weighted by Crippen LogP contribution is -1.94. The van der Waals surface area contributed by atoms with E-state index in [1.807, 2.05) is 13.8 Å². The smallest absolute Gasteiger partial charge is 0.121 e. The Morgan fingerprint density at radius 2 is 1.77 bits per heavy atom. The van der Waals surface area contributed by atoms with Crippen LogP contribution in [0.2, 0.25) is 0 Å². The number of hydrogen-bond donors (Lipinski definition) is 1. The van der Waals surface area contributed by atoms with E-state index >= 15 is 0 Å². The van der Waals surface area contributed by atoms with E-state index < -0.39 is 0 Å². The van der Waals surface area contributed by atoms with E-state index in [0.29, 0.717) is 11.2 Å². The van der Waals surface area contributed by atoms with Gasteiger partial charge in [-0.3, -0.25) is 0 Å². The Morgan fingerprint density at radius 1 is 1.08 bits per heavy atom. The average molecular weight is 178 g/mol. The largest absolute Gasteiger partial charge is 0.428 e. The third-order valence-corrected chi connectivity index (χ3v) is 2.28. The molecule has 0 saturated carbocycles. The van der Waals surface area contributed by atoms with Gasteiger partial charge in [-0.05, 0) is 26.0 Å². The van der Waals surface area contributed by atoms with Crippen LogP contribution in [0.4, 0.5) is 0 Å². The predicted molar refractivity (Wildman–Crippen MR) is 46.7 cm³/mol. The summed E-state index contributed by atoms with van der Waals surface area (Å²) < 4.78 is 1.12. The van der Waals surface area contributed by atoms with Crippen molar-refractivity contribution in [3.63, 3.8) is 0 Å². The molecule has 2 heterocycles. The Hall–Kier alpha value is -1.65. The summed E-state index contributed by atoms with van der Waals surface area (Å²) in [6.45, 7) is 5.47. The molecule has 0 aliphatic rings.